The van der Waals surface area contributed by atoms with Crippen molar-refractivity contribution < 1.29 is 4.39 Å². The SMILES string of the molecule is O=c1ccn(Cc2ccc(F)c(Br)c2)cc1. The molecule has 0 radical (unpaired) electrons. The molecule has 0 saturated carbocycles. The molecule has 1 heterocycles. The minimum absolute atomic E-state index is 0.0171. The molecular weight excluding hydrogens is 273 g/mol. The number of rotatable bonds is 2. The summed E-state index contributed by atoms with van der Waals surface area (Å²) < 4.78 is 15.3. The third-order valence-electron chi connectivity index (χ3n) is 2.21. The fourth-order valence-corrected chi connectivity index (χ4v) is 1.82. The lowest BCUT2D eigenvalue weighted by molar-refractivity contribution is 0.619. The Hall–Kier alpha value is -1.42. The van der Waals surface area contributed by atoms with Gasteiger partial charge in [0.1, 0.15) is 5.82 Å². The normalized spacial score (nSPS) is 10.4. The van der Waals surface area contributed by atoms with Crippen molar-refractivity contribution in [3.63, 3.8) is 0 Å². The molecule has 0 aliphatic rings. The topological polar surface area (TPSA) is 22.0 Å². The smallest absolute Gasteiger partial charge is 0.181 e. The highest BCUT2D eigenvalue weighted by atomic mass is 79.9. The minimum Gasteiger partial charge on any atom is -0.350 e. The standard InChI is InChI=1S/C12H9BrFNO/c13-11-7-9(1-2-12(11)14)8-15-5-3-10(16)4-6-15/h1-7H,8H2. The fraction of sp³-hybridized carbons (Fsp3) is 0.0833. The van der Waals surface area contributed by atoms with E-state index < -0.39 is 0 Å². The number of nitrogens with zero attached hydrogens (tertiary/aromatic N) is 1. The molecule has 0 amide bonds. The van der Waals surface area contributed by atoms with Gasteiger partial charge in [-0.15, -0.1) is 0 Å². The van der Waals surface area contributed by atoms with E-state index in [0.717, 1.165) is 5.56 Å². The van der Waals surface area contributed by atoms with Crippen molar-refractivity contribution in [1.82, 2.24) is 4.57 Å². The van der Waals surface area contributed by atoms with Crippen LogP contribution in [0.4, 0.5) is 4.39 Å². The van der Waals surface area contributed by atoms with Crippen LogP contribution in [0.25, 0.3) is 0 Å². The summed E-state index contributed by atoms with van der Waals surface area (Å²) in [4.78, 5) is 10.9. The van der Waals surface area contributed by atoms with E-state index in [1.807, 2.05) is 4.57 Å². The molecule has 0 atom stereocenters. The number of pyridine rings is 1. The van der Waals surface area contributed by atoms with Crippen LogP contribution in [-0.4, -0.2) is 4.57 Å². The first kappa shape index (κ1) is 11.1. The molecule has 2 rings (SSSR count). The van der Waals surface area contributed by atoms with Gasteiger partial charge >= 0.3 is 0 Å². The van der Waals surface area contributed by atoms with Crippen molar-refractivity contribution in [2.24, 2.45) is 0 Å². The lowest BCUT2D eigenvalue weighted by atomic mass is 10.2. The molecule has 0 bridgehead atoms. The summed E-state index contributed by atoms with van der Waals surface area (Å²) >= 11 is 3.14. The van der Waals surface area contributed by atoms with Gasteiger partial charge in [-0.3, -0.25) is 4.79 Å². The molecule has 2 aromatic rings. The van der Waals surface area contributed by atoms with Crippen LogP contribution >= 0.6 is 15.9 Å². The second-order valence-corrected chi connectivity index (χ2v) is 4.31. The van der Waals surface area contributed by atoms with Crippen LogP contribution in [0, 0.1) is 5.82 Å². The molecule has 2 nitrogen and oxygen atoms in total. The summed E-state index contributed by atoms with van der Waals surface area (Å²) in [6, 6.07) is 7.87. The lowest BCUT2D eigenvalue weighted by Crippen LogP contribution is -2.04. The van der Waals surface area contributed by atoms with Crippen LogP contribution in [0.5, 0.6) is 0 Å². The fourth-order valence-electron chi connectivity index (χ4n) is 1.40. The molecule has 82 valence electrons. The van der Waals surface area contributed by atoms with Gasteiger partial charge in [0.15, 0.2) is 5.43 Å². The first-order valence-corrected chi connectivity index (χ1v) is 5.54. The Bertz CT molecular complexity index is 545. The number of aromatic nitrogens is 1. The van der Waals surface area contributed by atoms with Crippen LogP contribution in [0.1, 0.15) is 5.56 Å². The summed E-state index contributed by atoms with van der Waals surface area (Å²) in [6.07, 6.45) is 3.42. The number of hydrogen-bond donors (Lipinski definition) is 0. The van der Waals surface area contributed by atoms with E-state index in [1.165, 1.54) is 18.2 Å². The number of hydrogen-bond acceptors (Lipinski definition) is 1. The van der Waals surface area contributed by atoms with E-state index in [1.54, 1.807) is 24.5 Å². The molecule has 1 aromatic carbocycles. The quantitative estimate of drug-likeness (QED) is 0.830. The van der Waals surface area contributed by atoms with E-state index in [2.05, 4.69) is 15.9 Å². The third kappa shape index (κ3) is 2.58. The maximum absolute atomic E-state index is 13.0. The van der Waals surface area contributed by atoms with Crippen molar-refractivity contribution >= 4 is 15.9 Å². The second-order valence-electron chi connectivity index (χ2n) is 3.45. The first-order chi connectivity index (χ1) is 7.65. The van der Waals surface area contributed by atoms with Gasteiger partial charge in [0.05, 0.1) is 4.47 Å². The van der Waals surface area contributed by atoms with Crippen molar-refractivity contribution in [3.8, 4) is 0 Å². The monoisotopic (exact) mass is 281 g/mol. The van der Waals surface area contributed by atoms with E-state index >= 15 is 0 Å². The summed E-state index contributed by atoms with van der Waals surface area (Å²) in [7, 11) is 0. The zero-order chi connectivity index (χ0) is 11.5. The summed E-state index contributed by atoms with van der Waals surface area (Å²) in [5, 5.41) is 0. The molecule has 0 aliphatic carbocycles. The first-order valence-electron chi connectivity index (χ1n) is 4.75. The van der Waals surface area contributed by atoms with Gasteiger partial charge in [0, 0.05) is 31.1 Å². The Morgan fingerprint density at radius 3 is 2.50 bits per heavy atom. The van der Waals surface area contributed by atoms with Crippen molar-refractivity contribution in [2.45, 2.75) is 6.54 Å². The van der Waals surface area contributed by atoms with E-state index in [4.69, 9.17) is 0 Å². The third-order valence-corrected chi connectivity index (χ3v) is 2.82. The maximum atomic E-state index is 13.0. The Labute approximate surface area is 100 Å². The van der Waals surface area contributed by atoms with Crippen LogP contribution in [0.15, 0.2) is 52.0 Å². The van der Waals surface area contributed by atoms with Gasteiger partial charge in [-0.25, -0.2) is 4.39 Å². The number of halogens is 2. The zero-order valence-corrected chi connectivity index (χ0v) is 9.95. The predicted molar refractivity (Wildman–Crippen MR) is 63.9 cm³/mol. The molecule has 0 unspecified atom stereocenters. The predicted octanol–water partition coefficient (Wildman–Crippen LogP) is 2.80. The van der Waals surface area contributed by atoms with E-state index in [0.29, 0.717) is 11.0 Å². The summed E-state index contributed by atoms with van der Waals surface area (Å²) in [5.41, 5.74) is 0.952. The largest absolute Gasteiger partial charge is 0.350 e. The maximum Gasteiger partial charge on any atom is 0.181 e. The lowest BCUT2D eigenvalue weighted by Gasteiger charge is -2.06. The van der Waals surface area contributed by atoms with Gasteiger partial charge in [-0.05, 0) is 33.6 Å². The highest BCUT2D eigenvalue weighted by Gasteiger charge is 2.00. The van der Waals surface area contributed by atoms with Crippen LogP contribution in [0.3, 0.4) is 0 Å². The molecule has 4 heteroatoms. The van der Waals surface area contributed by atoms with E-state index in [9.17, 15) is 9.18 Å². The molecule has 0 aliphatic heterocycles. The molecule has 0 fully saturated rings. The van der Waals surface area contributed by atoms with Crippen LogP contribution in [0.2, 0.25) is 0 Å². The van der Waals surface area contributed by atoms with Gasteiger partial charge in [-0.2, -0.15) is 0 Å². The Kier molecular flexibility index (Phi) is 3.19. The molecule has 0 spiro atoms. The summed E-state index contributed by atoms with van der Waals surface area (Å²) in [5.74, 6) is -0.274. The van der Waals surface area contributed by atoms with Gasteiger partial charge in [0.25, 0.3) is 0 Å². The highest BCUT2D eigenvalue weighted by molar-refractivity contribution is 9.10. The highest BCUT2D eigenvalue weighted by Crippen LogP contribution is 2.17. The van der Waals surface area contributed by atoms with Gasteiger partial charge in [-0.1, -0.05) is 6.07 Å². The molecular formula is C12H9BrFNO. The molecule has 16 heavy (non-hydrogen) atoms. The van der Waals surface area contributed by atoms with Gasteiger partial charge in [0.2, 0.25) is 0 Å². The molecule has 0 N–H and O–H groups in total. The molecule has 0 saturated heterocycles. The van der Waals surface area contributed by atoms with Crippen molar-refractivity contribution in [1.29, 1.82) is 0 Å². The summed E-state index contributed by atoms with van der Waals surface area (Å²) in [6.45, 7) is 0.610. The van der Waals surface area contributed by atoms with Crippen molar-refractivity contribution in [2.75, 3.05) is 0 Å². The Balaban J connectivity index is 2.23. The van der Waals surface area contributed by atoms with Crippen LogP contribution in [-0.2, 0) is 6.54 Å². The minimum atomic E-state index is -0.274. The second kappa shape index (κ2) is 4.61. The number of benzene rings is 1. The zero-order valence-electron chi connectivity index (χ0n) is 8.36. The van der Waals surface area contributed by atoms with Crippen molar-refractivity contribution in [3.05, 3.63) is 68.8 Å². The molecule has 1 aromatic heterocycles. The Morgan fingerprint density at radius 2 is 1.88 bits per heavy atom. The van der Waals surface area contributed by atoms with E-state index in [-0.39, 0.29) is 11.2 Å². The Morgan fingerprint density at radius 1 is 1.19 bits per heavy atom. The average Bonchev–Trinajstić information content (AvgIpc) is 2.27. The average molecular weight is 282 g/mol. The van der Waals surface area contributed by atoms with Gasteiger partial charge < -0.3 is 4.57 Å². The van der Waals surface area contributed by atoms with Crippen LogP contribution < -0.4 is 5.43 Å².